The molecule has 1 unspecified atom stereocenters. The monoisotopic (exact) mass is 302 g/mol. The van der Waals surface area contributed by atoms with Gasteiger partial charge in [-0.3, -0.25) is 4.79 Å². The molecule has 1 N–H and O–H groups in total. The number of rotatable bonds is 6. The first-order valence-electron chi connectivity index (χ1n) is 7.28. The molecule has 0 spiro atoms. The van der Waals surface area contributed by atoms with Gasteiger partial charge in [0.25, 0.3) is 5.91 Å². The van der Waals surface area contributed by atoms with Crippen LogP contribution in [0, 0.1) is 0 Å². The van der Waals surface area contributed by atoms with Crippen molar-refractivity contribution in [3.05, 3.63) is 52.2 Å². The second-order valence-electron chi connectivity index (χ2n) is 5.11. The first kappa shape index (κ1) is 15.6. The van der Waals surface area contributed by atoms with Crippen molar-refractivity contribution in [1.82, 2.24) is 4.90 Å². The second kappa shape index (κ2) is 7.27. The number of amides is 1. The van der Waals surface area contributed by atoms with Crippen molar-refractivity contribution in [1.29, 1.82) is 0 Å². The van der Waals surface area contributed by atoms with E-state index in [1.165, 1.54) is 4.88 Å². The first-order chi connectivity index (χ1) is 10.1. The van der Waals surface area contributed by atoms with Crippen molar-refractivity contribution in [3.63, 3.8) is 0 Å². The lowest BCUT2D eigenvalue weighted by atomic mass is 10.1. The third-order valence-electron chi connectivity index (χ3n) is 3.57. The van der Waals surface area contributed by atoms with Crippen molar-refractivity contribution in [2.24, 2.45) is 0 Å². The molecular formula is C17H22N2OS. The standard InChI is InChI=1S/C17H22N2OS/c1-4-11-18-15-9-7-14(8-10-15)17(20)19(3)13(2)16-6-5-12-21-16/h5-10,12-13,18H,4,11H2,1-3H3. The molecule has 3 nitrogen and oxygen atoms in total. The van der Waals surface area contributed by atoms with E-state index >= 15 is 0 Å². The van der Waals surface area contributed by atoms with E-state index in [0.717, 1.165) is 24.2 Å². The molecule has 0 saturated heterocycles. The van der Waals surface area contributed by atoms with Crippen molar-refractivity contribution < 1.29 is 4.79 Å². The molecule has 4 heteroatoms. The number of nitrogens with zero attached hydrogens (tertiary/aromatic N) is 1. The Bertz CT molecular complexity index is 563. The summed E-state index contributed by atoms with van der Waals surface area (Å²) in [5.41, 5.74) is 1.78. The summed E-state index contributed by atoms with van der Waals surface area (Å²) < 4.78 is 0. The fraction of sp³-hybridized carbons (Fsp3) is 0.353. The van der Waals surface area contributed by atoms with Gasteiger partial charge in [0.05, 0.1) is 6.04 Å². The molecule has 21 heavy (non-hydrogen) atoms. The zero-order valence-electron chi connectivity index (χ0n) is 12.8. The summed E-state index contributed by atoms with van der Waals surface area (Å²) in [4.78, 5) is 15.5. The largest absolute Gasteiger partial charge is 0.385 e. The van der Waals surface area contributed by atoms with Gasteiger partial charge in [0, 0.05) is 29.7 Å². The minimum absolute atomic E-state index is 0.0536. The highest BCUT2D eigenvalue weighted by Gasteiger charge is 2.19. The molecule has 112 valence electrons. The molecule has 1 heterocycles. The fourth-order valence-corrected chi connectivity index (χ4v) is 2.93. The predicted molar refractivity (Wildman–Crippen MR) is 90.1 cm³/mol. The number of hydrogen-bond donors (Lipinski definition) is 1. The number of carbonyl (C=O) groups excluding carboxylic acids is 1. The molecule has 1 aromatic heterocycles. The predicted octanol–water partition coefficient (Wildman–Crippen LogP) is 4.40. The van der Waals surface area contributed by atoms with Crippen LogP contribution in [0.5, 0.6) is 0 Å². The number of anilines is 1. The summed E-state index contributed by atoms with van der Waals surface area (Å²) in [6.45, 7) is 5.13. The quantitative estimate of drug-likeness (QED) is 0.857. The number of thiophene rings is 1. The molecule has 2 aromatic rings. The van der Waals surface area contributed by atoms with Crippen LogP contribution in [0.1, 0.15) is 41.5 Å². The summed E-state index contributed by atoms with van der Waals surface area (Å²) in [5, 5.41) is 5.35. The van der Waals surface area contributed by atoms with Crippen molar-refractivity contribution in [2.45, 2.75) is 26.3 Å². The van der Waals surface area contributed by atoms with E-state index in [4.69, 9.17) is 0 Å². The van der Waals surface area contributed by atoms with Crippen LogP contribution in [-0.2, 0) is 0 Å². The summed E-state index contributed by atoms with van der Waals surface area (Å²) in [7, 11) is 1.86. The summed E-state index contributed by atoms with van der Waals surface area (Å²) in [5.74, 6) is 0.0536. The van der Waals surface area contributed by atoms with Crippen LogP contribution in [0.25, 0.3) is 0 Å². The molecular weight excluding hydrogens is 280 g/mol. The van der Waals surface area contributed by atoms with Gasteiger partial charge in [-0.05, 0) is 49.1 Å². The lowest BCUT2D eigenvalue weighted by Crippen LogP contribution is -2.29. The number of hydrogen-bond acceptors (Lipinski definition) is 3. The van der Waals surface area contributed by atoms with E-state index in [0.29, 0.717) is 0 Å². The van der Waals surface area contributed by atoms with Crippen LogP contribution in [0.15, 0.2) is 41.8 Å². The summed E-state index contributed by atoms with van der Waals surface area (Å²) in [6, 6.07) is 11.9. The second-order valence-corrected chi connectivity index (χ2v) is 6.09. The fourth-order valence-electron chi connectivity index (χ4n) is 2.10. The summed E-state index contributed by atoms with van der Waals surface area (Å²) in [6.07, 6.45) is 1.09. The van der Waals surface area contributed by atoms with Crippen LogP contribution in [0.2, 0.25) is 0 Å². The van der Waals surface area contributed by atoms with Crippen molar-refractivity contribution in [3.8, 4) is 0 Å². The average Bonchev–Trinajstić information content (AvgIpc) is 3.05. The van der Waals surface area contributed by atoms with E-state index in [-0.39, 0.29) is 11.9 Å². The van der Waals surface area contributed by atoms with E-state index < -0.39 is 0 Å². The molecule has 0 fully saturated rings. The number of nitrogens with one attached hydrogen (secondary N) is 1. The van der Waals surface area contributed by atoms with Gasteiger partial charge >= 0.3 is 0 Å². The first-order valence-corrected chi connectivity index (χ1v) is 8.16. The van der Waals surface area contributed by atoms with Gasteiger partial charge in [0.2, 0.25) is 0 Å². The van der Waals surface area contributed by atoms with Crippen LogP contribution < -0.4 is 5.32 Å². The molecule has 0 aliphatic rings. The van der Waals surface area contributed by atoms with Crippen LogP contribution in [-0.4, -0.2) is 24.4 Å². The topological polar surface area (TPSA) is 32.3 Å². The highest BCUT2D eigenvalue weighted by Crippen LogP contribution is 2.25. The zero-order chi connectivity index (χ0) is 15.2. The maximum atomic E-state index is 12.5. The Morgan fingerprint density at radius 2 is 2.00 bits per heavy atom. The van der Waals surface area contributed by atoms with Crippen LogP contribution >= 0.6 is 11.3 Å². The van der Waals surface area contributed by atoms with Crippen molar-refractivity contribution >= 4 is 22.9 Å². The van der Waals surface area contributed by atoms with E-state index in [1.54, 1.807) is 16.2 Å². The molecule has 0 radical (unpaired) electrons. The molecule has 0 saturated carbocycles. The molecule has 0 aliphatic heterocycles. The van der Waals surface area contributed by atoms with E-state index in [2.05, 4.69) is 25.2 Å². The number of carbonyl (C=O) groups is 1. The zero-order valence-corrected chi connectivity index (χ0v) is 13.6. The van der Waals surface area contributed by atoms with Gasteiger partial charge in [-0.1, -0.05) is 13.0 Å². The summed E-state index contributed by atoms with van der Waals surface area (Å²) >= 11 is 1.68. The maximum Gasteiger partial charge on any atom is 0.254 e. The van der Waals surface area contributed by atoms with Gasteiger partial charge in [0.1, 0.15) is 0 Å². The van der Waals surface area contributed by atoms with Gasteiger partial charge in [-0.2, -0.15) is 0 Å². The molecule has 0 aliphatic carbocycles. The lowest BCUT2D eigenvalue weighted by molar-refractivity contribution is 0.0745. The Morgan fingerprint density at radius 1 is 1.29 bits per heavy atom. The van der Waals surface area contributed by atoms with Gasteiger partial charge < -0.3 is 10.2 Å². The Labute approximate surface area is 130 Å². The van der Waals surface area contributed by atoms with Gasteiger partial charge in [-0.15, -0.1) is 11.3 Å². The Morgan fingerprint density at radius 3 is 2.57 bits per heavy atom. The van der Waals surface area contributed by atoms with Gasteiger partial charge in [-0.25, -0.2) is 0 Å². The minimum Gasteiger partial charge on any atom is -0.385 e. The maximum absolute atomic E-state index is 12.5. The lowest BCUT2D eigenvalue weighted by Gasteiger charge is -2.24. The normalized spacial score (nSPS) is 12.0. The van der Waals surface area contributed by atoms with E-state index in [9.17, 15) is 4.79 Å². The Kier molecular flexibility index (Phi) is 5.39. The third kappa shape index (κ3) is 3.85. The SMILES string of the molecule is CCCNc1ccc(C(=O)N(C)C(C)c2cccs2)cc1. The smallest absolute Gasteiger partial charge is 0.254 e. The molecule has 1 amide bonds. The van der Waals surface area contributed by atoms with Crippen LogP contribution in [0.4, 0.5) is 5.69 Å². The molecule has 1 aromatic carbocycles. The minimum atomic E-state index is 0.0536. The molecule has 1 atom stereocenters. The highest BCUT2D eigenvalue weighted by atomic mass is 32.1. The average molecular weight is 302 g/mol. The highest BCUT2D eigenvalue weighted by molar-refractivity contribution is 7.10. The van der Waals surface area contributed by atoms with Crippen LogP contribution in [0.3, 0.4) is 0 Å². The van der Waals surface area contributed by atoms with Crippen molar-refractivity contribution in [2.75, 3.05) is 18.9 Å². The Balaban J connectivity index is 2.05. The Hall–Kier alpha value is -1.81. The number of benzene rings is 1. The van der Waals surface area contributed by atoms with E-state index in [1.807, 2.05) is 42.8 Å². The van der Waals surface area contributed by atoms with Gasteiger partial charge in [0.15, 0.2) is 0 Å². The third-order valence-corrected chi connectivity index (χ3v) is 4.61. The molecule has 2 rings (SSSR count). The molecule has 0 bridgehead atoms.